The third kappa shape index (κ3) is 8.21. The molecule has 1 aromatic rings. The van der Waals surface area contributed by atoms with Crippen molar-refractivity contribution in [1.82, 2.24) is 15.5 Å². The first-order chi connectivity index (χ1) is 16.9. The Morgan fingerprint density at radius 3 is 2.57 bits per heavy atom. The number of likely N-dealkylation sites (tertiary alicyclic amines) is 1. The van der Waals surface area contributed by atoms with E-state index in [-0.39, 0.29) is 11.8 Å². The number of nitrogens with one attached hydrogen (secondary N) is 2. The summed E-state index contributed by atoms with van der Waals surface area (Å²) in [5.74, 6) is 1.22. The van der Waals surface area contributed by atoms with Crippen LogP contribution in [0.4, 0.5) is 0 Å². The number of rotatable bonds is 6. The first-order valence-electron chi connectivity index (χ1n) is 13.5. The van der Waals surface area contributed by atoms with Crippen LogP contribution < -0.4 is 15.4 Å². The van der Waals surface area contributed by atoms with Gasteiger partial charge in [-0.05, 0) is 70.5 Å². The maximum Gasteiger partial charge on any atom is 0.242 e. The summed E-state index contributed by atoms with van der Waals surface area (Å²) in [5, 5.41) is 6.18. The molecule has 1 aromatic carbocycles. The number of ether oxygens (including phenoxy) is 2. The van der Waals surface area contributed by atoms with Crippen LogP contribution in [0.1, 0.15) is 71.3 Å². The van der Waals surface area contributed by atoms with Crippen LogP contribution in [-0.2, 0) is 20.9 Å². The fourth-order valence-electron chi connectivity index (χ4n) is 5.19. The smallest absolute Gasteiger partial charge is 0.242 e. The van der Waals surface area contributed by atoms with E-state index in [0.717, 1.165) is 63.9 Å². The lowest BCUT2D eigenvalue weighted by Crippen LogP contribution is -2.55. The van der Waals surface area contributed by atoms with Crippen molar-refractivity contribution >= 4 is 11.8 Å². The molecule has 0 aromatic heterocycles. The van der Waals surface area contributed by atoms with Gasteiger partial charge in [0.25, 0.3) is 0 Å². The van der Waals surface area contributed by atoms with Gasteiger partial charge in [0.05, 0.1) is 12.0 Å². The number of para-hydroxylation sites is 1. The van der Waals surface area contributed by atoms with Crippen LogP contribution in [0.3, 0.4) is 0 Å². The largest absolute Gasteiger partial charge is 0.494 e. The number of piperidine rings is 1. The summed E-state index contributed by atoms with van der Waals surface area (Å²) in [4.78, 5) is 29.1. The predicted octanol–water partition coefficient (Wildman–Crippen LogP) is 3.91. The van der Waals surface area contributed by atoms with Gasteiger partial charge in [0.15, 0.2) is 0 Å². The number of carbonyl (C=O) groups excluding carboxylic acids is 2. The lowest BCUT2D eigenvalue weighted by molar-refractivity contribution is -0.138. The summed E-state index contributed by atoms with van der Waals surface area (Å²) in [5.41, 5.74) is 0.752. The number of nitrogens with zero attached hydrogens (tertiary/aromatic N) is 1. The second kappa shape index (κ2) is 13.8. The minimum Gasteiger partial charge on any atom is -0.494 e. The highest BCUT2D eigenvalue weighted by Gasteiger charge is 2.42. The van der Waals surface area contributed by atoms with E-state index in [1.165, 1.54) is 5.56 Å². The highest BCUT2D eigenvalue weighted by atomic mass is 16.5. The average molecular weight is 488 g/mol. The quantitative estimate of drug-likeness (QED) is 0.636. The molecule has 196 valence electrons. The van der Waals surface area contributed by atoms with E-state index >= 15 is 0 Å². The Labute approximate surface area is 211 Å². The lowest BCUT2D eigenvalue weighted by Gasteiger charge is -2.41. The lowest BCUT2D eigenvalue weighted by atomic mass is 9.73. The molecule has 2 saturated heterocycles. The Morgan fingerprint density at radius 1 is 1.09 bits per heavy atom. The van der Waals surface area contributed by atoms with Gasteiger partial charge in [-0.25, -0.2) is 0 Å². The van der Waals surface area contributed by atoms with Gasteiger partial charge in [0.1, 0.15) is 11.8 Å². The van der Waals surface area contributed by atoms with E-state index in [1.807, 2.05) is 19.1 Å². The molecule has 2 fully saturated rings. The summed E-state index contributed by atoms with van der Waals surface area (Å²) in [6, 6.07) is 7.72. The van der Waals surface area contributed by atoms with Gasteiger partial charge in [-0.3, -0.25) is 14.5 Å². The first-order valence-corrected chi connectivity index (χ1v) is 13.5. The van der Waals surface area contributed by atoms with E-state index in [1.54, 1.807) is 0 Å². The van der Waals surface area contributed by atoms with Crippen LogP contribution in [0, 0.1) is 11.3 Å². The van der Waals surface area contributed by atoms with Crippen molar-refractivity contribution in [2.75, 3.05) is 39.5 Å². The molecule has 0 aliphatic carbocycles. The molecule has 3 rings (SSSR count). The van der Waals surface area contributed by atoms with Gasteiger partial charge >= 0.3 is 0 Å². The third-order valence-electron chi connectivity index (χ3n) is 7.25. The summed E-state index contributed by atoms with van der Waals surface area (Å²) in [6.45, 7) is 11.3. The Morgan fingerprint density at radius 2 is 1.83 bits per heavy atom. The molecule has 0 bridgehead atoms. The molecule has 0 radical (unpaired) electrons. The number of carbonyl (C=O) groups is 2. The minimum absolute atomic E-state index is 0.0469. The zero-order chi connectivity index (χ0) is 25.1. The minimum atomic E-state index is -0.487. The maximum atomic E-state index is 13.7. The molecule has 0 saturated carbocycles. The first kappa shape index (κ1) is 27.5. The van der Waals surface area contributed by atoms with Gasteiger partial charge in [-0.15, -0.1) is 0 Å². The highest BCUT2D eigenvalue weighted by molar-refractivity contribution is 5.90. The summed E-state index contributed by atoms with van der Waals surface area (Å²) in [7, 11) is 0. The number of amides is 2. The summed E-state index contributed by atoms with van der Waals surface area (Å²) < 4.78 is 11.6. The van der Waals surface area contributed by atoms with Crippen LogP contribution in [0.5, 0.6) is 5.75 Å². The molecule has 2 N–H and O–H groups in total. The van der Waals surface area contributed by atoms with Gasteiger partial charge < -0.3 is 20.1 Å². The molecule has 2 aliphatic heterocycles. The molecule has 2 amide bonds. The highest BCUT2D eigenvalue weighted by Crippen LogP contribution is 2.38. The molecule has 7 heteroatoms. The zero-order valence-corrected chi connectivity index (χ0v) is 21.9. The monoisotopic (exact) mass is 487 g/mol. The maximum absolute atomic E-state index is 13.7. The Hall–Kier alpha value is -2.12. The van der Waals surface area contributed by atoms with E-state index in [2.05, 4.69) is 41.5 Å². The van der Waals surface area contributed by atoms with Gasteiger partial charge in [0, 0.05) is 31.9 Å². The van der Waals surface area contributed by atoms with Crippen molar-refractivity contribution in [3.8, 4) is 5.75 Å². The van der Waals surface area contributed by atoms with Crippen molar-refractivity contribution in [3.63, 3.8) is 0 Å². The van der Waals surface area contributed by atoms with E-state index in [9.17, 15) is 9.59 Å². The fourth-order valence-corrected chi connectivity index (χ4v) is 5.19. The average Bonchev–Trinajstić information content (AvgIpc) is 2.84. The van der Waals surface area contributed by atoms with Crippen molar-refractivity contribution in [1.29, 1.82) is 0 Å². The second-order valence-corrected chi connectivity index (χ2v) is 10.5. The van der Waals surface area contributed by atoms with Crippen molar-refractivity contribution in [2.45, 2.75) is 78.3 Å². The van der Waals surface area contributed by atoms with Crippen LogP contribution in [0.15, 0.2) is 24.3 Å². The van der Waals surface area contributed by atoms with Crippen LogP contribution in [0.2, 0.25) is 0 Å². The standard InChI is InChI=1S/C28H45N3O4/c1-4-35-25-11-6-5-10-23(25)21-31-16-13-28(14-17-31)12-7-8-18-34-19-9-15-29-26(32)24(20-22(2)3)30-27(28)33/h5-6,10-11,22,24H,4,7-9,12-21H2,1-3H3,(H,29,32)(H,30,33)/t24-/m0/s1. The third-order valence-corrected chi connectivity index (χ3v) is 7.25. The molecule has 1 spiro atoms. The Kier molecular flexibility index (Phi) is 10.9. The molecular weight excluding hydrogens is 442 g/mol. The van der Waals surface area contributed by atoms with E-state index < -0.39 is 11.5 Å². The van der Waals surface area contributed by atoms with E-state index in [0.29, 0.717) is 38.7 Å². The normalized spacial score (nSPS) is 22.9. The second-order valence-electron chi connectivity index (χ2n) is 10.5. The molecule has 35 heavy (non-hydrogen) atoms. The predicted molar refractivity (Wildman–Crippen MR) is 138 cm³/mol. The van der Waals surface area contributed by atoms with Crippen molar-refractivity contribution in [2.24, 2.45) is 11.3 Å². The molecule has 1 atom stereocenters. The Balaban J connectivity index is 1.70. The molecule has 2 heterocycles. The number of benzene rings is 1. The summed E-state index contributed by atoms with van der Waals surface area (Å²) in [6.07, 6.45) is 5.79. The Bertz CT molecular complexity index is 805. The van der Waals surface area contributed by atoms with Crippen LogP contribution in [-0.4, -0.2) is 62.2 Å². The van der Waals surface area contributed by atoms with Gasteiger partial charge in [0.2, 0.25) is 11.8 Å². The van der Waals surface area contributed by atoms with Crippen LogP contribution in [0.25, 0.3) is 0 Å². The summed E-state index contributed by atoms with van der Waals surface area (Å²) >= 11 is 0. The number of hydrogen-bond donors (Lipinski definition) is 2. The topological polar surface area (TPSA) is 79.9 Å². The van der Waals surface area contributed by atoms with Gasteiger partial charge in [-0.2, -0.15) is 0 Å². The fraction of sp³-hybridized carbons (Fsp3) is 0.714. The zero-order valence-electron chi connectivity index (χ0n) is 21.9. The van der Waals surface area contributed by atoms with Crippen molar-refractivity contribution in [3.05, 3.63) is 29.8 Å². The SMILES string of the molecule is CCOc1ccccc1CN1CCC2(CCCCOCCCNC(=O)[C@H](CC(C)C)NC2=O)CC1. The molecule has 2 aliphatic rings. The molecular formula is C28H45N3O4. The molecule has 7 nitrogen and oxygen atoms in total. The number of hydrogen-bond acceptors (Lipinski definition) is 5. The van der Waals surface area contributed by atoms with Crippen LogP contribution >= 0.6 is 0 Å². The van der Waals surface area contributed by atoms with E-state index in [4.69, 9.17) is 9.47 Å². The molecule has 0 unspecified atom stereocenters. The van der Waals surface area contributed by atoms with Crippen molar-refractivity contribution < 1.29 is 19.1 Å². The van der Waals surface area contributed by atoms with Gasteiger partial charge in [-0.1, -0.05) is 38.5 Å².